The van der Waals surface area contributed by atoms with E-state index in [-0.39, 0.29) is 49.3 Å². The second-order valence-electron chi connectivity index (χ2n) is 14.5. The number of nitrogens with zero attached hydrogens (tertiary/aromatic N) is 3. The molecule has 60 heavy (non-hydrogen) atoms. The Morgan fingerprint density at radius 3 is 2.35 bits per heavy atom. The number of amides is 2. The molecule has 0 saturated carbocycles. The number of carbonyl (C=O) groups is 4. The molecule has 8 rings (SSSR count). The zero-order chi connectivity index (χ0) is 41.9. The van der Waals surface area contributed by atoms with Gasteiger partial charge >= 0.3 is 5.97 Å². The van der Waals surface area contributed by atoms with Crippen molar-refractivity contribution in [2.24, 2.45) is 0 Å². The second kappa shape index (κ2) is 17.4. The Kier molecular flexibility index (Phi) is 11.7. The number of nitrogens with one attached hydrogen (secondary N) is 1. The minimum absolute atomic E-state index is 0.0111. The van der Waals surface area contributed by atoms with E-state index in [1.54, 1.807) is 78.3 Å². The number of thiophene rings is 1. The first kappa shape index (κ1) is 40.3. The zero-order valence-corrected chi connectivity index (χ0v) is 34.0. The normalized spacial score (nSPS) is 16.1. The maximum absolute atomic E-state index is 14.1. The average Bonchev–Trinajstić information content (AvgIpc) is 3.81. The lowest BCUT2D eigenvalue weighted by molar-refractivity contribution is -0.142. The quantitative estimate of drug-likeness (QED) is 0.123. The Hall–Kier alpha value is -6.52. The number of carbonyl (C=O) groups excluding carboxylic acids is 3. The van der Waals surface area contributed by atoms with E-state index in [4.69, 9.17) is 37.9 Å². The maximum Gasteiger partial charge on any atom is 0.326 e. The number of rotatable bonds is 11. The number of fused-ring (bicyclic) bond motifs is 2. The van der Waals surface area contributed by atoms with Crippen molar-refractivity contribution in [1.29, 1.82) is 5.26 Å². The molecule has 14 heteroatoms. The number of nitriles is 1. The molecular formula is C46H34Cl2N4O7S. The lowest BCUT2D eigenvalue weighted by Crippen LogP contribution is -2.55. The van der Waals surface area contributed by atoms with Gasteiger partial charge in [0.05, 0.1) is 21.5 Å². The molecule has 6 aromatic rings. The fourth-order valence-corrected chi connectivity index (χ4v) is 8.32. The Morgan fingerprint density at radius 2 is 1.68 bits per heavy atom. The number of ketones is 1. The van der Waals surface area contributed by atoms with Crippen LogP contribution in [0.4, 0.5) is 0 Å². The average molecular weight is 858 g/mol. The summed E-state index contributed by atoms with van der Waals surface area (Å²) in [5.41, 5.74) is 6.61. The number of hydrogen-bond donors (Lipinski definition) is 2. The van der Waals surface area contributed by atoms with Gasteiger partial charge in [0.25, 0.3) is 5.91 Å². The molecule has 0 fully saturated rings. The van der Waals surface area contributed by atoms with Crippen LogP contribution in [0.5, 0.6) is 11.5 Å². The molecule has 0 aliphatic carbocycles. The van der Waals surface area contributed by atoms with Gasteiger partial charge in [-0.1, -0.05) is 83.9 Å². The molecule has 3 atom stereocenters. The van der Waals surface area contributed by atoms with Crippen LogP contribution < -0.4 is 14.8 Å². The van der Waals surface area contributed by atoms with Crippen LogP contribution in [0, 0.1) is 11.3 Å². The SMILES string of the molecule is N#Cc1ccc(-c2ccc(C[C@H](NC(=O)[C@@H]3Cc4cc5c(cc4CN3C(=O)c3cccs3)OC(c3ccc(OCc4cnc(Cl)c(Cl)c4)cc3)C(=O)C5)C(=O)O)cc2)cc1. The summed E-state index contributed by atoms with van der Waals surface area (Å²) < 4.78 is 12.2. The van der Waals surface area contributed by atoms with Gasteiger partial charge < -0.3 is 24.8 Å². The van der Waals surface area contributed by atoms with Crippen LogP contribution in [-0.4, -0.2) is 50.6 Å². The highest BCUT2D eigenvalue weighted by Crippen LogP contribution is 2.38. The third-order valence-corrected chi connectivity index (χ3v) is 12.1. The van der Waals surface area contributed by atoms with Gasteiger partial charge in [0.2, 0.25) is 5.91 Å². The summed E-state index contributed by atoms with van der Waals surface area (Å²) in [5.74, 6) is -1.24. The fraction of sp³-hybridized carbons (Fsp3) is 0.174. The smallest absolute Gasteiger partial charge is 0.326 e. The lowest BCUT2D eigenvalue weighted by atomic mass is 9.88. The number of aromatic nitrogens is 1. The summed E-state index contributed by atoms with van der Waals surface area (Å²) in [7, 11) is 0. The molecule has 2 aliphatic rings. The third kappa shape index (κ3) is 8.74. The molecule has 4 heterocycles. The van der Waals surface area contributed by atoms with Gasteiger partial charge in [-0.2, -0.15) is 5.26 Å². The van der Waals surface area contributed by atoms with Crippen molar-refractivity contribution in [2.45, 2.75) is 50.6 Å². The first-order valence-electron chi connectivity index (χ1n) is 18.9. The summed E-state index contributed by atoms with van der Waals surface area (Å²) in [6.07, 6.45) is 0.925. The summed E-state index contributed by atoms with van der Waals surface area (Å²) in [4.78, 5) is 60.0. The van der Waals surface area contributed by atoms with Gasteiger partial charge in [0.15, 0.2) is 11.9 Å². The van der Waals surface area contributed by atoms with Crippen LogP contribution in [0.3, 0.4) is 0 Å². The molecule has 11 nitrogen and oxygen atoms in total. The van der Waals surface area contributed by atoms with Crippen molar-refractivity contribution >= 4 is 58.1 Å². The molecule has 0 saturated heterocycles. The number of benzene rings is 4. The van der Waals surface area contributed by atoms with E-state index >= 15 is 0 Å². The minimum atomic E-state index is -1.27. The number of ether oxygens (including phenoxy) is 2. The van der Waals surface area contributed by atoms with Crippen molar-refractivity contribution in [3.8, 4) is 28.7 Å². The highest BCUT2D eigenvalue weighted by atomic mass is 35.5. The maximum atomic E-state index is 14.1. The van der Waals surface area contributed by atoms with Gasteiger partial charge in [-0.3, -0.25) is 14.4 Å². The Balaban J connectivity index is 0.981. The molecule has 4 aromatic carbocycles. The zero-order valence-electron chi connectivity index (χ0n) is 31.6. The minimum Gasteiger partial charge on any atom is -0.489 e. The molecule has 1 unspecified atom stereocenters. The van der Waals surface area contributed by atoms with E-state index in [0.29, 0.717) is 43.7 Å². The molecule has 300 valence electrons. The van der Waals surface area contributed by atoms with Crippen molar-refractivity contribution < 1.29 is 33.8 Å². The first-order chi connectivity index (χ1) is 29.0. The lowest BCUT2D eigenvalue weighted by Gasteiger charge is -2.37. The van der Waals surface area contributed by atoms with Gasteiger partial charge in [0.1, 0.15) is 35.3 Å². The van der Waals surface area contributed by atoms with Crippen LogP contribution >= 0.6 is 34.5 Å². The van der Waals surface area contributed by atoms with Crippen molar-refractivity contribution in [1.82, 2.24) is 15.2 Å². The van der Waals surface area contributed by atoms with Gasteiger partial charge in [-0.25, -0.2) is 9.78 Å². The summed E-state index contributed by atoms with van der Waals surface area (Å²) >= 11 is 13.2. The summed E-state index contributed by atoms with van der Waals surface area (Å²) in [5, 5.41) is 24.4. The monoisotopic (exact) mass is 856 g/mol. The van der Waals surface area contributed by atoms with Crippen LogP contribution in [-0.2, 0) is 46.8 Å². The number of Topliss-reactive ketones (excluding diaryl/α,β-unsaturated/α-hetero) is 1. The van der Waals surface area contributed by atoms with Crippen molar-refractivity contribution in [2.75, 3.05) is 0 Å². The highest BCUT2D eigenvalue weighted by molar-refractivity contribution is 7.12. The Bertz CT molecular complexity index is 2650. The number of carboxylic acids is 1. The number of halogens is 2. The largest absolute Gasteiger partial charge is 0.489 e. The Labute approximate surface area is 358 Å². The first-order valence-corrected chi connectivity index (χ1v) is 20.5. The summed E-state index contributed by atoms with van der Waals surface area (Å²) in [6.45, 7) is 0.279. The van der Waals surface area contributed by atoms with E-state index in [0.717, 1.165) is 27.8 Å². The standard InChI is InChI=1S/C46H34Cl2N4O7S/c47-36-16-28(23-50-43(36)48)25-58-35-13-11-31(12-14-35)42-39(53)20-33-18-32-19-38(52(24-34(32)21-40(33)59-42)45(55)41-2-1-15-60-41)44(54)51-37(46(56)57)17-26-3-7-29(8-4-26)30-9-5-27(22-49)6-10-30/h1-16,18,21,23,37-38,42H,17,19-20,24-25H2,(H,51,54)(H,56,57)/t37-,38-,42?/m0/s1. The second-order valence-corrected chi connectivity index (χ2v) is 16.2. The van der Waals surface area contributed by atoms with Crippen LogP contribution in [0.2, 0.25) is 10.2 Å². The molecule has 0 radical (unpaired) electrons. The van der Waals surface area contributed by atoms with Crippen LogP contribution in [0.15, 0.2) is 115 Å². The molecule has 0 spiro atoms. The van der Waals surface area contributed by atoms with Crippen LogP contribution in [0.25, 0.3) is 11.1 Å². The van der Waals surface area contributed by atoms with E-state index in [1.165, 1.54) is 16.2 Å². The molecule has 2 amide bonds. The number of pyridine rings is 1. The summed E-state index contributed by atoms with van der Waals surface area (Å²) in [6, 6.07) is 30.1. The predicted molar refractivity (Wildman–Crippen MR) is 225 cm³/mol. The number of hydrogen-bond acceptors (Lipinski definition) is 9. The Morgan fingerprint density at radius 1 is 0.950 bits per heavy atom. The molecule has 0 bridgehead atoms. The van der Waals surface area contributed by atoms with E-state index < -0.39 is 30.1 Å². The highest BCUT2D eigenvalue weighted by Gasteiger charge is 2.39. The van der Waals surface area contributed by atoms with E-state index in [2.05, 4.69) is 16.4 Å². The van der Waals surface area contributed by atoms with Gasteiger partial charge in [-0.15, -0.1) is 11.3 Å². The third-order valence-electron chi connectivity index (χ3n) is 10.5. The van der Waals surface area contributed by atoms with Gasteiger partial charge in [-0.05, 0) is 75.7 Å². The number of aliphatic carboxylic acids is 1. The van der Waals surface area contributed by atoms with E-state index in [1.807, 2.05) is 36.4 Å². The van der Waals surface area contributed by atoms with Crippen LogP contribution in [0.1, 0.15) is 54.7 Å². The van der Waals surface area contributed by atoms with Gasteiger partial charge in [0, 0.05) is 48.7 Å². The topological polar surface area (TPSA) is 159 Å². The van der Waals surface area contributed by atoms with Crippen molar-refractivity contribution in [3.63, 3.8) is 0 Å². The van der Waals surface area contributed by atoms with Crippen molar-refractivity contribution in [3.05, 3.63) is 169 Å². The predicted octanol–water partition coefficient (Wildman–Crippen LogP) is 8.19. The molecule has 2 N–H and O–H groups in total. The van der Waals surface area contributed by atoms with E-state index in [9.17, 15) is 24.3 Å². The fourth-order valence-electron chi connectivity index (χ4n) is 7.35. The molecule has 2 aromatic heterocycles. The molecular weight excluding hydrogens is 823 g/mol. The molecule has 2 aliphatic heterocycles. The number of carboxylic acid groups (broad SMARTS) is 1.